The summed E-state index contributed by atoms with van der Waals surface area (Å²) in [7, 11) is 0. The third-order valence-corrected chi connectivity index (χ3v) is 4.50. The Morgan fingerprint density at radius 2 is 1.52 bits per heavy atom. The van der Waals surface area contributed by atoms with Crippen LogP contribution in [0.15, 0.2) is 53.4 Å². The summed E-state index contributed by atoms with van der Waals surface area (Å²) < 4.78 is 0. The Morgan fingerprint density at radius 3 is 2.12 bits per heavy atom. The van der Waals surface area contributed by atoms with Crippen molar-refractivity contribution >= 4 is 35.5 Å². The second-order valence-corrected chi connectivity index (χ2v) is 6.10. The Morgan fingerprint density at radius 1 is 0.960 bits per heavy atom. The number of imide groups is 1. The van der Waals surface area contributed by atoms with E-state index >= 15 is 0 Å². The molecule has 3 amide bonds. The van der Waals surface area contributed by atoms with Crippen molar-refractivity contribution in [1.82, 2.24) is 5.06 Å². The maximum atomic E-state index is 12.4. The van der Waals surface area contributed by atoms with Crippen molar-refractivity contribution in [2.24, 2.45) is 5.73 Å². The predicted octanol–water partition coefficient (Wildman–Crippen LogP) is 1.63. The number of benzene rings is 2. The number of fused-ring (bicyclic) bond motifs is 1. The smallest absolute Gasteiger partial charge is 0.365 e. The molecule has 1 heterocycles. The van der Waals surface area contributed by atoms with Crippen LogP contribution in [-0.4, -0.2) is 34.5 Å². The van der Waals surface area contributed by atoms with E-state index < -0.39 is 23.7 Å². The highest BCUT2D eigenvalue weighted by Crippen LogP contribution is 2.26. The van der Waals surface area contributed by atoms with Crippen molar-refractivity contribution in [1.29, 1.82) is 0 Å². The third-order valence-electron chi connectivity index (χ3n) is 3.41. The molecule has 1 aliphatic rings. The van der Waals surface area contributed by atoms with Crippen molar-refractivity contribution in [2.45, 2.75) is 4.90 Å². The lowest BCUT2D eigenvalue weighted by atomic mass is 10.1. The van der Waals surface area contributed by atoms with E-state index in [1.54, 1.807) is 30.3 Å². The van der Waals surface area contributed by atoms with Crippen LogP contribution in [0.4, 0.5) is 0 Å². The molecule has 126 valence electrons. The minimum absolute atomic E-state index is 0.0166. The van der Waals surface area contributed by atoms with Crippen LogP contribution in [0.2, 0.25) is 0 Å². The van der Waals surface area contributed by atoms with Gasteiger partial charge >= 0.3 is 5.97 Å². The Hall–Kier alpha value is -3.13. The number of carbonyl (C=O) groups excluding carboxylic acids is 4. The van der Waals surface area contributed by atoms with Crippen molar-refractivity contribution in [2.75, 3.05) is 5.75 Å². The zero-order chi connectivity index (χ0) is 18.0. The predicted molar refractivity (Wildman–Crippen MR) is 88.7 cm³/mol. The largest absolute Gasteiger partial charge is 0.369 e. The molecule has 0 aliphatic carbocycles. The van der Waals surface area contributed by atoms with Gasteiger partial charge < -0.3 is 10.6 Å². The molecule has 7 nitrogen and oxygen atoms in total. The van der Waals surface area contributed by atoms with Gasteiger partial charge in [-0.05, 0) is 24.3 Å². The molecule has 0 fully saturated rings. The molecular weight excluding hydrogens is 344 g/mol. The third kappa shape index (κ3) is 3.24. The van der Waals surface area contributed by atoms with E-state index in [1.165, 1.54) is 18.2 Å². The van der Waals surface area contributed by atoms with E-state index in [4.69, 9.17) is 10.6 Å². The fourth-order valence-electron chi connectivity index (χ4n) is 2.29. The molecule has 0 spiro atoms. The molecule has 25 heavy (non-hydrogen) atoms. The van der Waals surface area contributed by atoms with Gasteiger partial charge in [0.25, 0.3) is 11.8 Å². The number of primary amides is 1. The highest BCUT2D eigenvalue weighted by molar-refractivity contribution is 8.00. The van der Waals surface area contributed by atoms with Gasteiger partial charge in [-0.15, -0.1) is 11.8 Å². The highest BCUT2D eigenvalue weighted by atomic mass is 32.2. The van der Waals surface area contributed by atoms with Crippen LogP contribution >= 0.6 is 11.8 Å². The fraction of sp³-hybridized carbons (Fsp3) is 0.0588. The van der Waals surface area contributed by atoms with Crippen LogP contribution in [0.3, 0.4) is 0 Å². The number of hydrogen-bond donors (Lipinski definition) is 1. The van der Waals surface area contributed by atoms with Gasteiger partial charge in [-0.2, -0.15) is 0 Å². The number of nitrogens with two attached hydrogens (primary N) is 1. The molecule has 0 unspecified atom stereocenters. The van der Waals surface area contributed by atoms with Crippen LogP contribution in [0, 0.1) is 0 Å². The lowest BCUT2D eigenvalue weighted by molar-refractivity contribution is -0.115. The number of amides is 3. The molecule has 0 atom stereocenters. The zero-order valence-corrected chi connectivity index (χ0v) is 13.6. The summed E-state index contributed by atoms with van der Waals surface area (Å²) in [6, 6.07) is 12.6. The lowest BCUT2D eigenvalue weighted by Crippen LogP contribution is -2.32. The minimum atomic E-state index is -0.873. The Bertz CT molecular complexity index is 861. The monoisotopic (exact) mass is 356 g/mol. The van der Waals surface area contributed by atoms with E-state index in [-0.39, 0.29) is 22.4 Å². The van der Waals surface area contributed by atoms with E-state index in [0.717, 1.165) is 11.8 Å². The average molecular weight is 356 g/mol. The molecular formula is C17H12N2O5S. The molecule has 0 bridgehead atoms. The summed E-state index contributed by atoms with van der Waals surface area (Å²) >= 11 is 1.07. The molecule has 0 aromatic heterocycles. The van der Waals surface area contributed by atoms with Crippen LogP contribution in [-0.2, 0) is 9.63 Å². The minimum Gasteiger partial charge on any atom is -0.369 e. The first-order valence-corrected chi connectivity index (χ1v) is 8.18. The summed E-state index contributed by atoms with van der Waals surface area (Å²) in [5.41, 5.74) is 5.60. The van der Waals surface area contributed by atoms with E-state index in [1.807, 2.05) is 0 Å². The molecule has 1 aliphatic heterocycles. The van der Waals surface area contributed by atoms with Crippen LogP contribution in [0.5, 0.6) is 0 Å². The number of hydroxylamine groups is 2. The summed E-state index contributed by atoms with van der Waals surface area (Å²) in [6.45, 7) is 0. The van der Waals surface area contributed by atoms with Crippen LogP contribution < -0.4 is 5.73 Å². The van der Waals surface area contributed by atoms with Gasteiger partial charge in [0.1, 0.15) is 0 Å². The highest BCUT2D eigenvalue weighted by Gasteiger charge is 2.39. The van der Waals surface area contributed by atoms with Crippen molar-refractivity contribution in [3.8, 4) is 0 Å². The standard InChI is InChI=1S/C17H12N2O5S/c18-14(20)9-25-13-8-4-3-7-12(13)17(23)24-19-15(21)10-5-1-2-6-11(10)16(19)22/h1-8H,9H2,(H2,18,20). The number of nitrogens with zero attached hydrogens (tertiary/aromatic N) is 1. The molecule has 0 radical (unpaired) electrons. The first-order valence-electron chi connectivity index (χ1n) is 7.19. The maximum Gasteiger partial charge on any atom is 0.365 e. The van der Waals surface area contributed by atoms with Crippen molar-refractivity contribution < 1.29 is 24.0 Å². The van der Waals surface area contributed by atoms with Crippen molar-refractivity contribution in [3.05, 3.63) is 65.2 Å². The average Bonchev–Trinajstić information content (AvgIpc) is 2.85. The van der Waals surface area contributed by atoms with E-state index in [2.05, 4.69) is 0 Å². The molecule has 2 N–H and O–H groups in total. The first-order chi connectivity index (χ1) is 12.0. The van der Waals surface area contributed by atoms with Gasteiger partial charge in [-0.3, -0.25) is 14.4 Å². The Balaban J connectivity index is 1.81. The zero-order valence-electron chi connectivity index (χ0n) is 12.8. The quantitative estimate of drug-likeness (QED) is 0.645. The number of rotatable bonds is 5. The molecule has 2 aromatic carbocycles. The normalized spacial score (nSPS) is 12.9. The summed E-state index contributed by atoms with van der Waals surface area (Å²) in [6.07, 6.45) is 0. The van der Waals surface area contributed by atoms with Crippen molar-refractivity contribution in [3.63, 3.8) is 0 Å². The second-order valence-electron chi connectivity index (χ2n) is 5.08. The summed E-state index contributed by atoms with van der Waals surface area (Å²) in [4.78, 5) is 53.3. The van der Waals surface area contributed by atoms with E-state index in [9.17, 15) is 19.2 Å². The number of hydrogen-bond acceptors (Lipinski definition) is 6. The lowest BCUT2D eigenvalue weighted by Gasteiger charge is -2.14. The topological polar surface area (TPSA) is 107 Å². The summed E-state index contributed by atoms with van der Waals surface area (Å²) in [5, 5.41) is 0.447. The SMILES string of the molecule is NC(=O)CSc1ccccc1C(=O)ON1C(=O)c2ccccc2C1=O. The molecule has 3 rings (SSSR count). The molecule has 8 heteroatoms. The molecule has 2 aromatic rings. The maximum absolute atomic E-state index is 12.4. The molecule has 0 saturated heterocycles. The van der Waals surface area contributed by atoms with Gasteiger partial charge in [0.2, 0.25) is 5.91 Å². The fourth-order valence-corrected chi connectivity index (χ4v) is 3.07. The Labute approximate surface area is 146 Å². The van der Waals surface area contributed by atoms with Gasteiger partial charge in [-0.1, -0.05) is 29.3 Å². The van der Waals surface area contributed by atoms with Gasteiger partial charge in [-0.25, -0.2) is 4.79 Å². The van der Waals surface area contributed by atoms with Crippen LogP contribution in [0.1, 0.15) is 31.1 Å². The van der Waals surface area contributed by atoms with Gasteiger partial charge in [0.15, 0.2) is 0 Å². The molecule has 0 saturated carbocycles. The first kappa shape index (κ1) is 16.7. The second kappa shape index (κ2) is 6.78. The van der Waals surface area contributed by atoms with Gasteiger partial charge in [0, 0.05) is 4.90 Å². The van der Waals surface area contributed by atoms with Gasteiger partial charge in [0.05, 0.1) is 22.4 Å². The number of thioether (sulfide) groups is 1. The Kier molecular flexibility index (Phi) is 4.53. The van der Waals surface area contributed by atoms with E-state index in [0.29, 0.717) is 9.96 Å². The summed E-state index contributed by atoms with van der Waals surface area (Å²) in [5.74, 6) is -2.82. The van der Waals surface area contributed by atoms with Crippen LogP contribution in [0.25, 0.3) is 0 Å². The number of carbonyl (C=O) groups is 4.